The second-order valence-corrected chi connectivity index (χ2v) is 7.50. The molecule has 6 nitrogen and oxygen atoms in total. The average molecular weight is 386 g/mol. The summed E-state index contributed by atoms with van der Waals surface area (Å²) in [7, 11) is 0. The fourth-order valence-electron chi connectivity index (χ4n) is 4.02. The molecule has 2 aromatic heterocycles. The third-order valence-electron chi connectivity index (χ3n) is 5.55. The van der Waals surface area contributed by atoms with Crippen LogP contribution in [0.4, 0.5) is 5.82 Å². The highest BCUT2D eigenvalue weighted by Gasteiger charge is 2.30. The second kappa shape index (κ2) is 8.23. The molecule has 0 aliphatic carbocycles. The molecule has 27 heavy (non-hydrogen) atoms. The molecule has 1 amide bonds. The Balaban J connectivity index is 1.29. The van der Waals surface area contributed by atoms with E-state index in [0.717, 1.165) is 63.5 Å². The highest BCUT2D eigenvalue weighted by Crippen LogP contribution is 2.25. The Hall–Kier alpha value is -2.18. The van der Waals surface area contributed by atoms with Crippen molar-refractivity contribution in [2.24, 2.45) is 0 Å². The zero-order chi connectivity index (χ0) is 18.6. The largest absolute Gasteiger partial charge is 0.353 e. The van der Waals surface area contributed by atoms with Crippen LogP contribution < -0.4 is 4.90 Å². The minimum Gasteiger partial charge on any atom is -0.353 e. The van der Waals surface area contributed by atoms with E-state index in [1.807, 2.05) is 17.0 Å². The van der Waals surface area contributed by atoms with Crippen molar-refractivity contribution in [3.8, 4) is 0 Å². The monoisotopic (exact) mass is 385 g/mol. The van der Waals surface area contributed by atoms with Crippen molar-refractivity contribution in [3.05, 3.63) is 53.4 Å². The smallest absolute Gasteiger partial charge is 0.253 e. The predicted octanol–water partition coefficient (Wildman–Crippen LogP) is 2.56. The normalized spacial score (nSPS) is 19.3. The summed E-state index contributed by atoms with van der Waals surface area (Å²) in [6.07, 6.45) is 7.20. The van der Waals surface area contributed by atoms with Gasteiger partial charge in [-0.25, -0.2) is 4.98 Å². The molecular weight excluding hydrogens is 362 g/mol. The summed E-state index contributed by atoms with van der Waals surface area (Å²) in [4.78, 5) is 27.8. The van der Waals surface area contributed by atoms with Gasteiger partial charge in [0.1, 0.15) is 5.82 Å². The summed E-state index contributed by atoms with van der Waals surface area (Å²) in [5.41, 5.74) is 0.726. The summed E-state index contributed by atoms with van der Waals surface area (Å²) in [5, 5.41) is 0.717. The van der Waals surface area contributed by atoms with E-state index in [1.54, 1.807) is 30.7 Å². The number of rotatable bonds is 3. The Morgan fingerprint density at radius 3 is 2.33 bits per heavy atom. The van der Waals surface area contributed by atoms with Gasteiger partial charge in [-0.05, 0) is 37.1 Å². The molecule has 2 saturated heterocycles. The molecule has 4 heterocycles. The van der Waals surface area contributed by atoms with Crippen LogP contribution in [0.3, 0.4) is 0 Å². The van der Waals surface area contributed by atoms with Crippen LogP contribution in [0.25, 0.3) is 0 Å². The molecule has 2 aliphatic heterocycles. The second-order valence-electron chi connectivity index (χ2n) is 7.09. The lowest BCUT2D eigenvalue weighted by molar-refractivity contribution is 0.0610. The van der Waals surface area contributed by atoms with Gasteiger partial charge in [0.2, 0.25) is 0 Å². The quantitative estimate of drug-likeness (QED) is 0.812. The number of halogens is 1. The highest BCUT2D eigenvalue weighted by molar-refractivity contribution is 6.32. The first-order valence-electron chi connectivity index (χ1n) is 9.51. The number of amides is 1. The lowest BCUT2D eigenvalue weighted by Gasteiger charge is -2.43. The first-order valence-corrected chi connectivity index (χ1v) is 9.89. The van der Waals surface area contributed by atoms with Crippen molar-refractivity contribution in [2.45, 2.75) is 18.9 Å². The maximum Gasteiger partial charge on any atom is 0.253 e. The Kier molecular flexibility index (Phi) is 5.55. The van der Waals surface area contributed by atoms with Gasteiger partial charge in [0, 0.05) is 69.5 Å². The van der Waals surface area contributed by atoms with Crippen molar-refractivity contribution in [1.82, 2.24) is 19.8 Å². The van der Waals surface area contributed by atoms with Crippen molar-refractivity contribution in [1.29, 1.82) is 0 Å². The van der Waals surface area contributed by atoms with E-state index >= 15 is 0 Å². The van der Waals surface area contributed by atoms with Crippen LogP contribution in [0.1, 0.15) is 23.2 Å². The fraction of sp³-hybridized carbons (Fsp3) is 0.450. The van der Waals surface area contributed by atoms with Crippen LogP contribution >= 0.6 is 11.6 Å². The number of aromatic nitrogens is 2. The standard InChI is InChI=1S/C20H24ClN5O/c21-18-2-1-7-23-19(18)25-14-12-24(13-15-25)17-5-10-26(11-6-17)20(27)16-3-8-22-9-4-16/h1-4,7-9,17H,5-6,10-15H2. The molecule has 2 fully saturated rings. The van der Waals surface area contributed by atoms with Crippen LogP contribution in [-0.2, 0) is 0 Å². The topological polar surface area (TPSA) is 52.6 Å². The van der Waals surface area contributed by atoms with Gasteiger partial charge in [-0.1, -0.05) is 11.6 Å². The third kappa shape index (κ3) is 4.06. The average Bonchev–Trinajstić information content (AvgIpc) is 2.74. The van der Waals surface area contributed by atoms with Gasteiger partial charge in [-0.2, -0.15) is 0 Å². The van der Waals surface area contributed by atoms with Crippen molar-refractivity contribution >= 4 is 23.3 Å². The van der Waals surface area contributed by atoms with E-state index in [9.17, 15) is 4.79 Å². The molecule has 7 heteroatoms. The van der Waals surface area contributed by atoms with E-state index in [4.69, 9.17) is 11.6 Å². The molecule has 0 atom stereocenters. The molecule has 0 saturated carbocycles. The summed E-state index contributed by atoms with van der Waals surface area (Å²) < 4.78 is 0. The molecule has 0 radical (unpaired) electrons. The molecule has 0 aromatic carbocycles. The summed E-state index contributed by atoms with van der Waals surface area (Å²) in [6.45, 7) is 5.53. The van der Waals surface area contributed by atoms with E-state index < -0.39 is 0 Å². The molecule has 142 valence electrons. The van der Waals surface area contributed by atoms with Crippen LogP contribution in [0, 0.1) is 0 Å². The third-order valence-corrected chi connectivity index (χ3v) is 5.84. The maximum atomic E-state index is 12.6. The molecule has 2 aliphatic rings. The Bertz CT molecular complexity index is 771. The highest BCUT2D eigenvalue weighted by atomic mass is 35.5. The lowest BCUT2D eigenvalue weighted by Crippen LogP contribution is -2.54. The summed E-state index contributed by atoms with van der Waals surface area (Å²) in [6, 6.07) is 7.88. The van der Waals surface area contributed by atoms with Gasteiger partial charge in [0.25, 0.3) is 5.91 Å². The number of nitrogens with zero attached hydrogens (tertiary/aromatic N) is 5. The first-order chi connectivity index (χ1) is 13.2. The van der Waals surface area contributed by atoms with E-state index in [0.29, 0.717) is 11.1 Å². The Morgan fingerprint density at radius 1 is 0.963 bits per heavy atom. The van der Waals surface area contributed by atoms with Gasteiger partial charge in [0.05, 0.1) is 5.02 Å². The van der Waals surface area contributed by atoms with Crippen LogP contribution in [0.5, 0.6) is 0 Å². The number of piperazine rings is 1. The summed E-state index contributed by atoms with van der Waals surface area (Å²) >= 11 is 6.28. The predicted molar refractivity (Wildman–Crippen MR) is 106 cm³/mol. The fourth-order valence-corrected chi connectivity index (χ4v) is 4.26. The number of carbonyl (C=O) groups excluding carboxylic acids is 1. The van der Waals surface area contributed by atoms with E-state index in [-0.39, 0.29) is 5.91 Å². The number of pyridine rings is 2. The van der Waals surface area contributed by atoms with E-state index in [1.165, 1.54) is 0 Å². The first kappa shape index (κ1) is 18.2. The molecule has 0 N–H and O–H groups in total. The van der Waals surface area contributed by atoms with E-state index in [2.05, 4.69) is 19.8 Å². The zero-order valence-electron chi connectivity index (χ0n) is 15.3. The van der Waals surface area contributed by atoms with Crippen molar-refractivity contribution < 1.29 is 4.79 Å². The van der Waals surface area contributed by atoms with Gasteiger partial charge >= 0.3 is 0 Å². The van der Waals surface area contributed by atoms with Crippen molar-refractivity contribution in [3.63, 3.8) is 0 Å². The van der Waals surface area contributed by atoms with Crippen LogP contribution in [-0.4, -0.2) is 71.0 Å². The van der Waals surface area contributed by atoms with Gasteiger partial charge < -0.3 is 9.80 Å². The zero-order valence-corrected chi connectivity index (χ0v) is 16.1. The number of hydrogen-bond acceptors (Lipinski definition) is 5. The van der Waals surface area contributed by atoms with Crippen LogP contribution in [0.2, 0.25) is 5.02 Å². The summed E-state index contributed by atoms with van der Waals surface area (Å²) in [5.74, 6) is 1.00. The lowest BCUT2D eigenvalue weighted by atomic mass is 10.0. The molecule has 0 bridgehead atoms. The maximum absolute atomic E-state index is 12.6. The van der Waals surface area contributed by atoms with Gasteiger partial charge in [-0.15, -0.1) is 0 Å². The van der Waals surface area contributed by atoms with Gasteiger partial charge in [-0.3, -0.25) is 14.7 Å². The van der Waals surface area contributed by atoms with Gasteiger partial charge in [0.15, 0.2) is 0 Å². The number of carbonyl (C=O) groups is 1. The number of likely N-dealkylation sites (tertiary alicyclic amines) is 1. The number of anilines is 1. The Labute approximate surface area is 164 Å². The van der Waals surface area contributed by atoms with Crippen LogP contribution in [0.15, 0.2) is 42.9 Å². The minimum atomic E-state index is 0.116. The molecular formula is C20H24ClN5O. The number of piperidine rings is 1. The molecule has 0 unspecified atom stereocenters. The number of hydrogen-bond donors (Lipinski definition) is 0. The molecule has 0 spiro atoms. The minimum absolute atomic E-state index is 0.116. The Morgan fingerprint density at radius 2 is 1.67 bits per heavy atom. The SMILES string of the molecule is O=C(c1ccncc1)N1CCC(N2CCN(c3ncccc3Cl)CC2)CC1. The molecule has 4 rings (SSSR count). The molecule has 2 aromatic rings. The van der Waals surface area contributed by atoms with Crippen molar-refractivity contribution in [2.75, 3.05) is 44.2 Å².